The van der Waals surface area contributed by atoms with E-state index < -0.39 is 5.92 Å². The van der Waals surface area contributed by atoms with Gasteiger partial charge in [0.2, 0.25) is 5.91 Å². The van der Waals surface area contributed by atoms with E-state index in [1.165, 1.54) is 0 Å². The van der Waals surface area contributed by atoms with Gasteiger partial charge < -0.3 is 19.7 Å². The van der Waals surface area contributed by atoms with Crippen LogP contribution in [-0.4, -0.2) is 74.2 Å². The number of carbonyl (C=O) groups is 2. The number of nitrogens with one attached hydrogen (secondary N) is 1. The maximum Gasteiger partial charge on any atom is 0.254 e. The van der Waals surface area contributed by atoms with Crippen molar-refractivity contribution in [2.45, 2.75) is 30.8 Å². The average molecular weight is 450 g/mol. The second-order valence-corrected chi connectivity index (χ2v) is 8.98. The molecule has 33 heavy (non-hydrogen) atoms. The number of hydrogen-bond acceptors (Lipinski definition) is 5. The third-order valence-electron chi connectivity index (χ3n) is 6.87. The zero-order valence-corrected chi connectivity index (χ0v) is 19.0. The van der Waals surface area contributed by atoms with Crippen molar-refractivity contribution in [2.24, 2.45) is 0 Å². The van der Waals surface area contributed by atoms with Crippen molar-refractivity contribution in [3.8, 4) is 5.75 Å². The summed E-state index contributed by atoms with van der Waals surface area (Å²) in [6.45, 7) is 4.61. The fourth-order valence-corrected chi connectivity index (χ4v) is 5.04. The third kappa shape index (κ3) is 4.48. The molecule has 2 aromatic carbocycles. The van der Waals surface area contributed by atoms with E-state index in [4.69, 9.17) is 9.47 Å². The van der Waals surface area contributed by atoms with Gasteiger partial charge in [-0.1, -0.05) is 30.3 Å². The van der Waals surface area contributed by atoms with Gasteiger partial charge in [-0.2, -0.15) is 0 Å². The van der Waals surface area contributed by atoms with Gasteiger partial charge >= 0.3 is 0 Å². The number of hydrogen-bond donors (Lipinski definition) is 1. The van der Waals surface area contributed by atoms with Gasteiger partial charge in [0.1, 0.15) is 5.75 Å². The fourth-order valence-electron chi connectivity index (χ4n) is 5.04. The number of rotatable bonds is 7. The van der Waals surface area contributed by atoms with Crippen LogP contribution in [0.1, 0.15) is 46.3 Å². The summed E-state index contributed by atoms with van der Waals surface area (Å²) in [6.07, 6.45) is 1.94. The van der Waals surface area contributed by atoms with Crippen LogP contribution in [0.5, 0.6) is 5.75 Å². The van der Waals surface area contributed by atoms with E-state index in [-0.39, 0.29) is 23.9 Å². The molecule has 1 saturated carbocycles. The summed E-state index contributed by atoms with van der Waals surface area (Å²) in [6, 6.07) is 15.1. The molecule has 174 valence electrons. The molecule has 2 aromatic rings. The van der Waals surface area contributed by atoms with Crippen LogP contribution < -0.4 is 10.1 Å². The number of benzene rings is 2. The molecule has 3 aliphatic rings. The van der Waals surface area contributed by atoms with Gasteiger partial charge in [-0.3, -0.25) is 14.5 Å². The lowest BCUT2D eigenvalue weighted by atomic mass is 9.79. The highest BCUT2D eigenvalue weighted by Crippen LogP contribution is 2.48. The van der Waals surface area contributed by atoms with Crippen LogP contribution in [0.2, 0.25) is 0 Å². The number of amides is 2. The summed E-state index contributed by atoms with van der Waals surface area (Å²) in [7, 11) is 1.63. The molecule has 0 unspecified atom stereocenters. The van der Waals surface area contributed by atoms with Crippen LogP contribution in [0.4, 0.5) is 0 Å². The zero-order chi connectivity index (χ0) is 22.8. The topological polar surface area (TPSA) is 71.1 Å². The van der Waals surface area contributed by atoms with Gasteiger partial charge in [-0.15, -0.1) is 0 Å². The quantitative estimate of drug-likeness (QED) is 0.704. The summed E-state index contributed by atoms with van der Waals surface area (Å²) < 4.78 is 10.9. The van der Waals surface area contributed by atoms with Crippen molar-refractivity contribution in [1.82, 2.24) is 15.1 Å². The normalized spacial score (nSPS) is 23.2. The van der Waals surface area contributed by atoms with E-state index in [2.05, 4.69) is 10.2 Å². The molecule has 2 aliphatic heterocycles. The highest BCUT2D eigenvalue weighted by Gasteiger charge is 2.49. The summed E-state index contributed by atoms with van der Waals surface area (Å²) in [5, 5.41) is 3.17. The smallest absolute Gasteiger partial charge is 0.254 e. The summed E-state index contributed by atoms with van der Waals surface area (Å²) in [5.74, 6) is 0.220. The third-order valence-corrected chi connectivity index (χ3v) is 6.87. The molecule has 2 amide bonds. The van der Waals surface area contributed by atoms with Crippen molar-refractivity contribution in [1.29, 1.82) is 0 Å². The Labute approximate surface area is 194 Å². The first-order chi connectivity index (χ1) is 16.2. The Kier molecular flexibility index (Phi) is 6.33. The standard InChI is InChI=1S/C26H31N3O4/c1-32-20-6-4-5-18(17-20)24-23(25(30)27-11-12-28-13-15-33-16-14-28)21-7-2-3-8-22(21)26(31)29(24)19-9-10-19/h2-8,17,19,23-24H,9-16H2,1H3,(H,27,30)/t23-,24+/m1/s1. The number of fused-ring (bicyclic) bond motifs is 1. The molecule has 0 radical (unpaired) electrons. The van der Waals surface area contributed by atoms with Crippen LogP contribution >= 0.6 is 0 Å². The van der Waals surface area contributed by atoms with E-state index in [1.807, 2.05) is 53.4 Å². The number of ether oxygens (including phenoxy) is 2. The largest absolute Gasteiger partial charge is 0.497 e. The minimum absolute atomic E-state index is 0.0123. The van der Waals surface area contributed by atoms with Gasteiger partial charge in [0.25, 0.3) is 5.91 Å². The van der Waals surface area contributed by atoms with E-state index in [1.54, 1.807) is 7.11 Å². The summed E-state index contributed by atoms with van der Waals surface area (Å²) in [4.78, 5) is 31.5. The molecule has 1 saturated heterocycles. The summed E-state index contributed by atoms with van der Waals surface area (Å²) >= 11 is 0. The van der Waals surface area contributed by atoms with Crippen LogP contribution in [0.15, 0.2) is 48.5 Å². The Balaban J connectivity index is 1.47. The number of nitrogens with zero attached hydrogens (tertiary/aromatic N) is 2. The highest BCUT2D eigenvalue weighted by atomic mass is 16.5. The first kappa shape index (κ1) is 21.9. The van der Waals surface area contributed by atoms with Gasteiger partial charge in [0, 0.05) is 37.8 Å². The van der Waals surface area contributed by atoms with Crippen LogP contribution in [0, 0.1) is 0 Å². The maximum atomic E-state index is 13.7. The Hall–Kier alpha value is -2.90. The maximum absolute atomic E-state index is 13.7. The summed E-state index contributed by atoms with van der Waals surface area (Å²) in [5.41, 5.74) is 2.37. The highest BCUT2D eigenvalue weighted by molar-refractivity contribution is 6.01. The van der Waals surface area contributed by atoms with E-state index in [0.29, 0.717) is 12.1 Å². The van der Waals surface area contributed by atoms with Crippen molar-refractivity contribution in [2.75, 3.05) is 46.5 Å². The van der Waals surface area contributed by atoms with Crippen molar-refractivity contribution in [3.63, 3.8) is 0 Å². The number of carbonyl (C=O) groups excluding carboxylic acids is 2. The molecule has 7 heteroatoms. The second-order valence-electron chi connectivity index (χ2n) is 8.98. The van der Waals surface area contributed by atoms with E-state index >= 15 is 0 Å². The number of morpholine rings is 1. The predicted molar refractivity (Wildman–Crippen MR) is 124 cm³/mol. The molecule has 1 N–H and O–H groups in total. The minimum atomic E-state index is -0.476. The number of methoxy groups -OCH3 is 1. The second kappa shape index (κ2) is 9.53. The molecule has 2 heterocycles. The Morgan fingerprint density at radius 1 is 1.12 bits per heavy atom. The van der Waals surface area contributed by atoms with E-state index in [0.717, 1.165) is 62.6 Å². The molecule has 2 fully saturated rings. The predicted octanol–water partition coefficient (Wildman–Crippen LogP) is 2.59. The van der Waals surface area contributed by atoms with Crippen LogP contribution in [-0.2, 0) is 9.53 Å². The lowest BCUT2D eigenvalue weighted by molar-refractivity contribution is -0.124. The van der Waals surface area contributed by atoms with Crippen molar-refractivity contribution < 1.29 is 19.1 Å². The van der Waals surface area contributed by atoms with Crippen molar-refractivity contribution >= 4 is 11.8 Å². The molecule has 2 atom stereocenters. The van der Waals surface area contributed by atoms with Crippen LogP contribution in [0.25, 0.3) is 0 Å². The molecule has 0 bridgehead atoms. The molecule has 5 rings (SSSR count). The molecule has 7 nitrogen and oxygen atoms in total. The fraction of sp³-hybridized carbons (Fsp3) is 0.462. The van der Waals surface area contributed by atoms with Crippen LogP contribution in [0.3, 0.4) is 0 Å². The average Bonchev–Trinajstić information content (AvgIpc) is 3.70. The molecule has 0 aromatic heterocycles. The van der Waals surface area contributed by atoms with Gasteiger partial charge in [-0.05, 0) is 42.2 Å². The van der Waals surface area contributed by atoms with Crippen molar-refractivity contribution in [3.05, 3.63) is 65.2 Å². The first-order valence-corrected chi connectivity index (χ1v) is 11.8. The monoisotopic (exact) mass is 449 g/mol. The Morgan fingerprint density at radius 2 is 1.91 bits per heavy atom. The zero-order valence-electron chi connectivity index (χ0n) is 19.0. The molecular formula is C26H31N3O4. The SMILES string of the molecule is COc1cccc([C@H]2[C@H](C(=O)NCCN3CCOCC3)c3ccccc3C(=O)N2C2CC2)c1. The lowest BCUT2D eigenvalue weighted by Crippen LogP contribution is -2.49. The lowest BCUT2D eigenvalue weighted by Gasteiger charge is -2.42. The van der Waals surface area contributed by atoms with Gasteiger partial charge in [0.05, 0.1) is 32.3 Å². The van der Waals surface area contributed by atoms with Gasteiger partial charge in [0.15, 0.2) is 0 Å². The molecule has 0 spiro atoms. The van der Waals surface area contributed by atoms with E-state index in [9.17, 15) is 9.59 Å². The Bertz CT molecular complexity index is 1020. The molecular weight excluding hydrogens is 418 g/mol. The van der Waals surface area contributed by atoms with Gasteiger partial charge in [-0.25, -0.2) is 0 Å². The minimum Gasteiger partial charge on any atom is -0.497 e. The molecule has 1 aliphatic carbocycles. The first-order valence-electron chi connectivity index (χ1n) is 11.8. The Morgan fingerprint density at radius 3 is 2.67 bits per heavy atom.